The van der Waals surface area contributed by atoms with E-state index < -0.39 is 21.9 Å². The minimum Gasteiger partial charge on any atom is -0.481 e. The van der Waals surface area contributed by atoms with Crippen LogP contribution < -0.4 is 9.62 Å². The van der Waals surface area contributed by atoms with Gasteiger partial charge in [-0.05, 0) is 43.4 Å². The molecule has 1 saturated carbocycles. The Balaban J connectivity index is 1.84. The largest absolute Gasteiger partial charge is 0.481 e. The van der Waals surface area contributed by atoms with Crippen LogP contribution in [0.3, 0.4) is 0 Å². The zero-order valence-corrected chi connectivity index (χ0v) is 15.6. The summed E-state index contributed by atoms with van der Waals surface area (Å²) in [5.41, 5.74) is 1.57. The Bertz CT molecular complexity index is 821. The van der Waals surface area contributed by atoms with Crippen molar-refractivity contribution in [1.82, 2.24) is 4.72 Å². The molecule has 2 unspecified atom stereocenters. The summed E-state index contributed by atoms with van der Waals surface area (Å²) in [6, 6.07) is 4.87. The lowest BCUT2D eigenvalue weighted by Crippen LogP contribution is -2.38. The number of fused-ring (bicyclic) bond motifs is 1. The second-order valence-corrected chi connectivity index (χ2v) is 8.70. The quantitative estimate of drug-likeness (QED) is 0.810. The zero-order chi connectivity index (χ0) is 18.9. The summed E-state index contributed by atoms with van der Waals surface area (Å²) < 4.78 is 27.0. The van der Waals surface area contributed by atoms with Gasteiger partial charge in [0.2, 0.25) is 15.9 Å². The van der Waals surface area contributed by atoms with Crippen molar-refractivity contribution in [1.29, 1.82) is 0 Å². The molecular weight excluding hydrogens is 356 g/mol. The van der Waals surface area contributed by atoms with Crippen LogP contribution in [0, 0.1) is 11.8 Å². The van der Waals surface area contributed by atoms with Crippen molar-refractivity contribution in [2.45, 2.75) is 43.9 Å². The van der Waals surface area contributed by atoms with Crippen molar-refractivity contribution >= 4 is 27.6 Å². The van der Waals surface area contributed by atoms with E-state index in [0.29, 0.717) is 44.5 Å². The third-order valence-corrected chi connectivity index (χ3v) is 6.78. The highest BCUT2D eigenvalue weighted by molar-refractivity contribution is 7.89. The number of carbonyl (C=O) groups is 2. The van der Waals surface area contributed by atoms with Crippen LogP contribution in [0.5, 0.6) is 0 Å². The second kappa shape index (κ2) is 7.36. The SMILES string of the molecule is CCNS(=O)(=O)c1ccc2c(c1)N(C(=O)C1CCCC(C(=O)O)C1)CC2. The van der Waals surface area contributed by atoms with Gasteiger partial charge in [0.25, 0.3) is 0 Å². The summed E-state index contributed by atoms with van der Waals surface area (Å²) in [5, 5.41) is 9.24. The fraction of sp³-hybridized carbons (Fsp3) is 0.556. The number of benzene rings is 1. The van der Waals surface area contributed by atoms with Crippen LogP contribution in [0.25, 0.3) is 0 Å². The van der Waals surface area contributed by atoms with Gasteiger partial charge in [-0.1, -0.05) is 19.4 Å². The Hall–Kier alpha value is -1.93. The number of nitrogens with one attached hydrogen (secondary N) is 1. The molecule has 7 nitrogen and oxygen atoms in total. The molecule has 0 aromatic heterocycles. The maximum Gasteiger partial charge on any atom is 0.306 e. The molecule has 1 aliphatic carbocycles. The van der Waals surface area contributed by atoms with Gasteiger partial charge >= 0.3 is 5.97 Å². The Morgan fingerprint density at radius 2 is 2.00 bits per heavy atom. The van der Waals surface area contributed by atoms with E-state index in [2.05, 4.69) is 4.72 Å². The first-order valence-electron chi connectivity index (χ1n) is 9.00. The van der Waals surface area contributed by atoms with Crippen LogP contribution in [-0.2, 0) is 26.0 Å². The van der Waals surface area contributed by atoms with E-state index in [1.807, 2.05) is 0 Å². The fourth-order valence-corrected chi connectivity index (χ4v) is 4.95. The van der Waals surface area contributed by atoms with Crippen LogP contribution in [0.15, 0.2) is 23.1 Å². The number of sulfonamides is 1. The summed E-state index contributed by atoms with van der Waals surface area (Å²) in [6.45, 7) is 2.51. The molecule has 3 rings (SSSR count). The van der Waals surface area contributed by atoms with Crippen molar-refractivity contribution in [3.63, 3.8) is 0 Å². The van der Waals surface area contributed by atoms with Crippen LogP contribution in [0.2, 0.25) is 0 Å². The van der Waals surface area contributed by atoms with Gasteiger partial charge in [0.15, 0.2) is 0 Å². The molecule has 0 bridgehead atoms. The topological polar surface area (TPSA) is 104 Å². The lowest BCUT2D eigenvalue weighted by Gasteiger charge is -2.29. The second-order valence-electron chi connectivity index (χ2n) is 6.93. The summed E-state index contributed by atoms with van der Waals surface area (Å²) in [7, 11) is -3.59. The third kappa shape index (κ3) is 3.61. The molecule has 1 aromatic rings. The maximum atomic E-state index is 13.0. The van der Waals surface area contributed by atoms with Gasteiger partial charge in [0.1, 0.15) is 0 Å². The van der Waals surface area contributed by atoms with Gasteiger partial charge in [-0.25, -0.2) is 13.1 Å². The number of hydrogen-bond donors (Lipinski definition) is 2. The molecule has 2 N–H and O–H groups in total. The van der Waals surface area contributed by atoms with Crippen LogP contribution in [-0.4, -0.2) is 38.5 Å². The average Bonchev–Trinajstić information content (AvgIpc) is 3.04. The minimum absolute atomic E-state index is 0.0901. The molecule has 0 saturated heterocycles. The lowest BCUT2D eigenvalue weighted by molar-refractivity contribution is -0.143. The molecular formula is C18H24N2O5S. The molecule has 2 aliphatic rings. The van der Waals surface area contributed by atoms with E-state index in [9.17, 15) is 23.1 Å². The Labute approximate surface area is 153 Å². The summed E-state index contributed by atoms with van der Waals surface area (Å²) in [5.74, 6) is -1.72. The van der Waals surface area contributed by atoms with Crippen molar-refractivity contribution < 1.29 is 23.1 Å². The summed E-state index contributed by atoms with van der Waals surface area (Å²) >= 11 is 0. The first-order chi connectivity index (χ1) is 12.3. The molecule has 142 valence electrons. The van der Waals surface area contributed by atoms with E-state index in [-0.39, 0.29) is 16.7 Å². The van der Waals surface area contributed by atoms with E-state index in [1.165, 1.54) is 0 Å². The maximum absolute atomic E-state index is 13.0. The number of carboxylic acids is 1. The van der Waals surface area contributed by atoms with Crippen molar-refractivity contribution in [2.75, 3.05) is 18.0 Å². The van der Waals surface area contributed by atoms with E-state index in [1.54, 1.807) is 30.0 Å². The predicted octanol–water partition coefficient (Wildman–Crippen LogP) is 1.76. The lowest BCUT2D eigenvalue weighted by atomic mass is 9.80. The number of amides is 1. The van der Waals surface area contributed by atoms with E-state index >= 15 is 0 Å². The molecule has 1 heterocycles. The smallest absolute Gasteiger partial charge is 0.306 e. The Morgan fingerprint density at radius 3 is 2.69 bits per heavy atom. The monoisotopic (exact) mass is 380 g/mol. The van der Waals surface area contributed by atoms with Gasteiger partial charge in [0, 0.05) is 24.7 Å². The van der Waals surface area contributed by atoms with Gasteiger partial charge in [-0.2, -0.15) is 0 Å². The van der Waals surface area contributed by atoms with Gasteiger partial charge in [-0.15, -0.1) is 0 Å². The van der Waals surface area contributed by atoms with Gasteiger partial charge in [-0.3, -0.25) is 9.59 Å². The van der Waals surface area contributed by atoms with E-state index in [0.717, 1.165) is 12.0 Å². The number of hydrogen-bond acceptors (Lipinski definition) is 4. The fourth-order valence-electron chi connectivity index (χ4n) is 3.89. The van der Waals surface area contributed by atoms with Gasteiger partial charge < -0.3 is 10.0 Å². The Kier molecular flexibility index (Phi) is 5.34. The van der Waals surface area contributed by atoms with Crippen molar-refractivity contribution in [3.8, 4) is 0 Å². The zero-order valence-electron chi connectivity index (χ0n) is 14.8. The summed E-state index contributed by atoms with van der Waals surface area (Å²) in [6.07, 6.45) is 3.06. The molecule has 0 spiro atoms. The number of rotatable bonds is 5. The molecule has 0 radical (unpaired) electrons. The van der Waals surface area contributed by atoms with Crippen LogP contribution >= 0.6 is 0 Å². The molecule has 2 atom stereocenters. The number of carbonyl (C=O) groups excluding carboxylic acids is 1. The molecule has 1 aliphatic heterocycles. The third-order valence-electron chi connectivity index (χ3n) is 5.24. The van der Waals surface area contributed by atoms with Crippen LogP contribution in [0.1, 0.15) is 38.2 Å². The molecule has 1 amide bonds. The minimum atomic E-state index is -3.59. The highest BCUT2D eigenvalue weighted by Crippen LogP contribution is 2.36. The van der Waals surface area contributed by atoms with Gasteiger partial charge in [0.05, 0.1) is 10.8 Å². The normalized spacial score (nSPS) is 22.9. The van der Waals surface area contributed by atoms with Crippen molar-refractivity contribution in [3.05, 3.63) is 23.8 Å². The molecule has 1 fully saturated rings. The standard InChI is InChI=1S/C18H24N2O5S/c1-2-19-26(24,25)15-7-6-12-8-9-20(16(12)11-15)17(21)13-4-3-5-14(10-13)18(22)23/h6-7,11,13-14,19H,2-5,8-10H2,1H3,(H,22,23). The number of anilines is 1. The molecule has 8 heteroatoms. The number of carboxylic acid groups (broad SMARTS) is 1. The predicted molar refractivity (Wildman–Crippen MR) is 96.4 cm³/mol. The van der Waals surface area contributed by atoms with Crippen molar-refractivity contribution in [2.24, 2.45) is 11.8 Å². The Morgan fingerprint density at radius 1 is 1.27 bits per heavy atom. The molecule has 1 aromatic carbocycles. The summed E-state index contributed by atoms with van der Waals surface area (Å²) in [4.78, 5) is 26.0. The highest BCUT2D eigenvalue weighted by Gasteiger charge is 2.36. The number of nitrogens with zero attached hydrogens (tertiary/aromatic N) is 1. The molecule has 26 heavy (non-hydrogen) atoms. The van der Waals surface area contributed by atoms with E-state index in [4.69, 9.17) is 0 Å². The highest BCUT2D eigenvalue weighted by atomic mass is 32.2. The number of aliphatic carboxylic acids is 1. The van der Waals surface area contributed by atoms with Crippen LogP contribution in [0.4, 0.5) is 5.69 Å². The average molecular weight is 380 g/mol. The first kappa shape index (κ1) is 18.8. The first-order valence-corrected chi connectivity index (χ1v) is 10.5.